The topological polar surface area (TPSA) is 16.4 Å². The summed E-state index contributed by atoms with van der Waals surface area (Å²) < 4.78 is 6.66. The van der Waals surface area contributed by atoms with Crippen LogP contribution in [0.3, 0.4) is 0 Å². The third-order valence-electron chi connectivity index (χ3n) is 10.0. The summed E-state index contributed by atoms with van der Waals surface area (Å²) in [6, 6.07) is 67.4. The van der Waals surface area contributed by atoms with E-state index in [1.54, 1.807) is 0 Å². The van der Waals surface area contributed by atoms with Crippen LogP contribution in [-0.4, -0.2) is 0 Å². The molecule has 0 unspecified atom stereocenters. The lowest BCUT2D eigenvalue weighted by Crippen LogP contribution is -2.10. The summed E-state index contributed by atoms with van der Waals surface area (Å²) in [6.45, 7) is 0. The predicted molar refractivity (Wildman–Crippen MR) is 212 cm³/mol. The Morgan fingerprint density at radius 2 is 0.940 bits per heavy atom. The molecule has 9 aromatic carbocycles. The number of fused-ring (bicyclic) bond motifs is 8. The molecule has 234 valence electrons. The van der Waals surface area contributed by atoms with Gasteiger partial charge in [-0.2, -0.15) is 0 Å². The molecular weight excluding hydrogens is 607 g/mol. The normalized spacial score (nSPS) is 11.6. The molecule has 2 heteroatoms. The van der Waals surface area contributed by atoms with E-state index in [2.05, 4.69) is 193 Å². The molecule has 0 saturated heterocycles. The van der Waals surface area contributed by atoms with E-state index >= 15 is 0 Å². The highest BCUT2D eigenvalue weighted by Gasteiger charge is 2.23. The fourth-order valence-electron chi connectivity index (χ4n) is 7.85. The standard InChI is InChI=1S/C48H31NO/c1-4-16-33(17-5-1)45-40-24-13-12-23-38(40)39-30-28-36(31-42(39)46(45)34-18-6-2-7-19-34)49(35-20-8-3-9-21-35)43-25-14-26-44-47(43)41-29-27-32-15-10-11-22-37(32)48(41)50-44/h1-31H. The molecule has 1 heterocycles. The molecule has 0 spiro atoms. The average molecular weight is 638 g/mol. The van der Waals surface area contributed by atoms with E-state index in [9.17, 15) is 0 Å². The van der Waals surface area contributed by atoms with E-state index in [4.69, 9.17) is 4.42 Å². The zero-order valence-corrected chi connectivity index (χ0v) is 27.3. The van der Waals surface area contributed by atoms with Gasteiger partial charge in [0, 0.05) is 22.1 Å². The van der Waals surface area contributed by atoms with Gasteiger partial charge in [0.25, 0.3) is 0 Å². The quantitative estimate of drug-likeness (QED) is 0.175. The second-order valence-corrected chi connectivity index (χ2v) is 12.8. The minimum absolute atomic E-state index is 0.873. The van der Waals surface area contributed by atoms with Gasteiger partial charge < -0.3 is 9.32 Å². The van der Waals surface area contributed by atoms with Gasteiger partial charge in [-0.15, -0.1) is 0 Å². The third kappa shape index (κ3) is 4.43. The molecule has 0 saturated carbocycles. The highest BCUT2D eigenvalue weighted by molar-refractivity contribution is 6.23. The average Bonchev–Trinajstić information content (AvgIpc) is 3.59. The summed E-state index contributed by atoms with van der Waals surface area (Å²) >= 11 is 0. The molecule has 2 nitrogen and oxygen atoms in total. The fraction of sp³-hybridized carbons (Fsp3) is 0. The molecule has 10 rings (SSSR count). The Morgan fingerprint density at radius 1 is 0.360 bits per heavy atom. The van der Waals surface area contributed by atoms with Crippen molar-refractivity contribution in [2.24, 2.45) is 0 Å². The van der Waals surface area contributed by atoms with E-state index in [0.29, 0.717) is 0 Å². The molecule has 50 heavy (non-hydrogen) atoms. The maximum absolute atomic E-state index is 6.66. The Morgan fingerprint density at radius 3 is 1.68 bits per heavy atom. The Kier molecular flexibility index (Phi) is 6.53. The molecular formula is C48H31NO. The van der Waals surface area contributed by atoms with Crippen LogP contribution >= 0.6 is 0 Å². The van der Waals surface area contributed by atoms with Crippen LogP contribution in [0.25, 0.3) is 76.5 Å². The SMILES string of the molecule is c1ccc(-c2c(-c3ccccc3)c3cc(N(c4ccccc4)c4cccc5oc6c7ccccc7ccc6c45)ccc3c3ccccc23)cc1. The second kappa shape index (κ2) is 11.5. The molecule has 0 aliphatic rings. The largest absolute Gasteiger partial charge is 0.455 e. The van der Waals surface area contributed by atoms with Crippen molar-refractivity contribution in [3.63, 3.8) is 0 Å². The Bertz CT molecular complexity index is 2850. The number of para-hydroxylation sites is 1. The van der Waals surface area contributed by atoms with Crippen LogP contribution in [0.1, 0.15) is 0 Å². The first-order chi connectivity index (χ1) is 24.8. The van der Waals surface area contributed by atoms with Gasteiger partial charge >= 0.3 is 0 Å². The first-order valence-corrected chi connectivity index (χ1v) is 17.1. The summed E-state index contributed by atoms with van der Waals surface area (Å²) in [5.41, 5.74) is 9.92. The molecule has 10 aromatic rings. The number of benzene rings is 9. The van der Waals surface area contributed by atoms with E-state index in [1.165, 1.54) is 49.2 Å². The van der Waals surface area contributed by atoms with Crippen LogP contribution in [0.4, 0.5) is 17.1 Å². The lowest BCUT2D eigenvalue weighted by atomic mass is 9.85. The molecule has 0 fully saturated rings. The van der Waals surface area contributed by atoms with Crippen LogP contribution in [0.5, 0.6) is 0 Å². The molecule has 0 aliphatic carbocycles. The van der Waals surface area contributed by atoms with Crippen LogP contribution < -0.4 is 4.90 Å². The van der Waals surface area contributed by atoms with E-state index in [-0.39, 0.29) is 0 Å². The number of nitrogens with zero attached hydrogens (tertiary/aromatic N) is 1. The fourth-order valence-corrected chi connectivity index (χ4v) is 7.85. The maximum Gasteiger partial charge on any atom is 0.143 e. The highest BCUT2D eigenvalue weighted by Crippen LogP contribution is 2.48. The van der Waals surface area contributed by atoms with Crippen molar-refractivity contribution >= 4 is 71.3 Å². The van der Waals surface area contributed by atoms with Crippen molar-refractivity contribution in [1.82, 2.24) is 0 Å². The number of hydrogen-bond acceptors (Lipinski definition) is 2. The maximum atomic E-state index is 6.66. The Balaban J connectivity index is 1.31. The van der Waals surface area contributed by atoms with Crippen molar-refractivity contribution in [2.45, 2.75) is 0 Å². The second-order valence-electron chi connectivity index (χ2n) is 12.8. The zero-order chi connectivity index (χ0) is 33.0. The minimum atomic E-state index is 0.873. The number of anilines is 3. The van der Waals surface area contributed by atoms with Crippen LogP contribution in [-0.2, 0) is 0 Å². The van der Waals surface area contributed by atoms with E-state index in [0.717, 1.165) is 44.4 Å². The van der Waals surface area contributed by atoms with Crippen molar-refractivity contribution in [2.75, 3.05) is 4.90 Å². The van der Waals surface area contributed by atoms with Crippen molar-refractivity contribution in [3.05, 3.63) is 188 Å². The molecule has 0 bridgehead atoms. The molecule has 0 amide bonds. The molecule has 0 radical (unpaired) electrons. The van der Waals surface area contributed by atoms with Crippen LogP contribution in [0, 0.1) is 0 Å². The van der Waals surface area contributed by atoms with Gasteiger partial charge in [-0.25, -0.2) is 0 Å². The summed E-state index contributed by atoms with van der Waals surface area (Å²) in [5, 5.41) is 9.44. The summed E-state index contributed by atoms with van der Waals surface area (Å²) in [7, 11) is 0. The first kappa shape index (κ1) is 28.4. The van der Waals surface area contributed by atoms with Crippen LogP contribution in [0.15, 0.2) is 192 Å². The molecule has 1 aromatic heterocycles. The third-order valence-corrected chi connectivity index (χ3v) is 10.0. The lowest BCUT2D eigenvalue weighted by molar-refractivity contribution is 0.672. The number of furan rings is 1. The highest BCUT2D eigenvalue weighted by atomic mass is 16.3. The van der Waals surface area contributed by atoms with Gasteiger partial charge in [-0.1, -0.05) is 146 Å². The number of hydrogen-bond donors (Lipinski definition) is 0. The van der Waals surface area contributed by atoms with E-state index < -0.39 is 0 Å². The summed E-state index contributed by atoms with van der Waals surface area (Å²) in [5.74, 6) is 0. The summed E-state index contributed by atoms with van der Waals surface area (Å²) in [4.78, 5) is 2.39. The van der Waals surface area contributed by atoms with E-state index in [1.807, 2.05) is 0 Å². The predicted octanol–water partition coefficient (Wildman–Crippen LogP) is 13.8. The molecule has 0 aliphatic heterocycles. The monoisotopic (exact) mass is 637 g/mol. The van der Waals surface area contributed by atoms with Crippen molar-refractivity contribution < 1.29 is 4.42 Å². The Labute approximate surface area is 290 Å². The minimum Gasteiger partial charge on any atom is -0.455 e. The van der Waals surface area contributed by atoms with Gasteiger partial charge in [0.05, 0.1) is 11.1 Å². The van der Waals surface area contributed by atoms with Gasteiger partial charge in [0.2, 0.25) is 0 Å². The summed E-state index contributed by atoms with van der Waals surface area (Å²) in [6.07, 6.45) is 0. The first-order valence-electron chi connectivity index (χ1n) is 17.1. The smallest absolute Gasteiger partial charge is 0.143 e. The number of rotatable bonds is 5. The molecule has 0 atom stereocenters. The van der Waals surface area contributed by atoms with Gasteiger partial charge in [0.15, 0.2) is 0 Å². The Hall–Kier alpha value is -6.64. The van der Waals surface area contributed by atoms with Crippen molar-refractivity contribution in [3.8, 4) is 22.3 Å². The van der Waals surface area contributed by atoms with Gasteiger partial charge in [-0.3, -0.25) is 0 Å². The zero-order valence-electron chi connectivity index (χ0n) is 27.3. The lowest BCUT2D eigenvalue weighted by Gasteiger charge is -2.27. The van der Waals surface area contributed by atoms with Gasteiger partial charge in [-0.05, 0) is 91.6 Å². The molecule has 0 N–H and O–H groups in total. The van der Waals surface area contributed by atoms with Gasteiger partial charge in [0.1, 0.15) is 11.2 Å². The van der Waals surface area contributed by atoms with Crippen molar-refractivity contribution in [1.29, 1.82) is 0 Å². The van der Waals surface area contributed by atoms with Crippen LogP contribution in [0.2, 0.25) is 0 Å².